The number of urea groups is 1. The molecule has 1 fully saturated rings. The molecule has 1 aliphatic heterocycles. The highest BCUT2D eigenvalue weighted by atomic mass is 32.1. The predicted octanol–water partition coefficient (Wildman–Crippen LogP) is 2.19. The zero-order valence-electron chi connectivity index (χ0n) is 13.1. The van der Waals surface area contributed by atoms with Crippen molar-refractivity contribution in [3.05, 3.63) is 28.5 Å². The molecule has 1 aliphatic rings. The lowest BCUT2D eigenvalue weighted by Crippen LogP contribution is -2.30. The molecule has 3 heterocycles. The molecule has 2 N–H and O–H groups in total. The summed E-state index contributed by atoms with van der Waals surface area (Å²) in [5.41, 5.74) is 0.686. The highest BCUT2D eigenvalue weighted by Crippen LogP contribution is 2.15. The van der Waals surface area contributed by atoms with Crippen LogP contribution < -0.4 is 10.6 Å². The van der Waals surface area contributed by atoms with Crippen LogP contribution in [0.5, 0.6) is 0 Å². The van der Waals surface area contributed by atoms with E-state index in [0.717, 1.165) is 37.4 Å². The Bertz CT molecular complexity index is 648. The van der Waals surface area contributed by atoms with E-state index in [-0.39, 0.29) is 12.1 Å². The van der Waals surface area contributed by atoms with Crippen LogP contribution in [-0.2, 0) is 17.7 Å². The second-order valence-electron chi connectivity index (χ2n) is 5.58. The van der Waals surface area contributed by atoms with Crippen molar-refractivity contribution in [1.82, 2.24) is 20.1 Å². The third-order valence-electron chi connectivity index (χ3n) is 3.60. The summed E-state index contributed by atoms with van der Waals surface area (Å²) >= 11 is 1.65. The number of hydrogen-bond donors (Lipinski definition) is 2. The third-order valence-corrected chi connectivity index (χ3v) is 4.57. The van der Waals surface area contributed by atoms with Gasteiger partial charge in [0.2, 0.25) is 0 Å². The van der Waals surface area contributed by atoms with Crippen molar-refractivity contribution in [2.75, 3.05) is 18.5 Å². The molecule has 0 aromatic carbocycles. The number of nitrogens with one attached hydrogen (secondary N) is 2. The molecule has 2 aromatic heterocycles. The summed E-state index contributed by atoms with van der Waals surface area (Å²) in [6.07, 6.45) is 8.48. The average molecular weight is 335 g/mol. The van der Waals surface area contributed by atoms with Gasteiger partial charge in [-0.25, -0.2) is 9.78 Å². The lowest BCUT2D eigenvalue weighted by molar-refractivity contribution is 0.0940. The van der Waals surface area contributed by atoms with Crippen molar-refractivity contribution >= 4 is 23.1 Å². The van der Waals surface area contributed by atoms with E-state index in [0.29, 0.717) is 12.2 Å². The second-order valence-corrected chi connectivity index (χ2v) is 6.90. The highest BCUT2D eigenvalue weighted by molar-refractivity contribution is 7.11. The zero-order valence-corrected chi connectivity index (χ0v) is 13.9. The number of carbonyl (C=O) groups is 1. The van der Waals surface area contributed by atoms with Crippen LogP contribution in [0.2, 0.25) is 0 Å². The van der Waals surface area contributed by atoms with Gasteiger partial charge >= 0.3 is 6.03 Å². The van der Waals surface area contributed by atoms with Crippen LogP contribution >= 0.6 is 11.3 Å². The van der Waals surface area contributed by atoms with E-state index in [1.165, 1.54) is 4.88 Å². The van der Waals surface area contributed by atoms with Crippen molar-refractivity contribution in [3.8, 4) is 0 Å². The molecule has 124 valence electrons. The molecule has 1 atom stereocenters. The Balaban J connectivity index is 1.40. The Morgan fingerprint density at radius 3 is 3.17 bits per heavy atom. The van der Waals surface area contributed by atoms with Crippen molar-refractivity contribution in [2.24, 2.45) is 0 Å². The average Bonchev–Trinajstić information content (AvgIpc) is 3.24. The molecule has 0 bridgehead atoms. The van der Waals surface area contributed by atoms with Gasteiger partial charge in [-0.1, -0.05) is 0 Å². The molecule has 0 spiro atoms. The van der Waals surface area contributed by atoms with Crippen molar-refractivity contribution in [1.29, 1.82) is 0 Å². The molecule has 2 aromatic rings. The summed E-state index contributed by atoms with van der Waals surface area (Å²) in [6, 6.07) is -0.227. The second kappa shape index (κ2) is 7.56. The number of amides is 2. The Kier molecular flexibility index (Phi) is 5.24. The van der Waals surface area contributed by atoms with Gasteiger partial charge in [-0.05, 0) is 19.8 Å². The van der Waals surface area contributed by atoms with Gasteiger partial charge < -0.3 is 15.4 Å². The Labute approximate surface area is 139 Å². The van der Waals surface area contributed by atoms with E-state index in [2.05, 4.69) is 20.7 Å². The van der Waals surface area contributed by atoms with E-state index in [1.54, 1.807) is 17.5 Å². The van der Waals surface area contributed by atoms with Crippen LogP contribution in [0.15, 0.2) is 18.6 Å². The predicted molar refractivity (Wildman–Crippen MR) is 88.8 cm³/mol. The van der Waals surface area contributed by atoms with Gasteiger partial charge in [-0.2, -0.15) is 5.10 Å². The molecular weight excluding hydrogens is 314 g/mol. The largest absolute Gasteiger partial charge is 0.376 e. The van der Waals surface area contributed by atoms with Crippen LogP contribution in [0.1, 0.15) is 22.7 Å². The minimum atomic E-state index is -0.227. The van der Waals surface area contributed by atoms with Crippen molar-refractivity contribution in [3.63, 3.8) is 0 Å². The smallest absolute Gasteiger partial charge is 0.319 e. The number of thiazole rings is 1. The molecule has 1 saturated heterocycles. The van der Waals surface area contributed by atoms with Crippen molar-refractivity contribution < 1.29 is 9.53 Å². The molecule has 23 heavy (non-hydrogen) atoms. The third kappa shape index (κ3) is 4.77. The van der Waals surface area contributed by atoms with E-state index >= 15 is 0 Å². The zero-order chi connectivity index (χ0) is 16.1. The number of aryl methyl sites for hydroxylation is 1. The van der Waals surface area contributed by atoms with Gasteiger partial charge in [0.05, 0.1) is 29.5 Å². The van der Waals surface area contributed by atoms with E-state index < -0.39 is 0 Å². The normalized spacial score (nSPS) is 17.3. The molecular formula is C15H21N5O2S. The summed E-state index contributed by atoms with van der Waals surface area (Å²) in [6.45, 7) is 4.14. The SMILES string of the molecule is Cc1cnc(CCNC(=O)Nc2cnn(CC3CCCO3)c2)s1. The first-order valence-corrected chi connectivity index (χ1v) is 8.61. The van der Waals surface area contributed by atoms with Gasteiger partial charge in [0, 0.05) is 36.8 Å². The molecule has 2 amide bonds. The molecule has 0 aliphatic carbocycles. The number of carbonyl (C=O) groups excluding carboxylic acids is 1. The number of ether oxygens (including phenoxy) is 1. The van der Waals surface area contributed by atoms with Gasteiger partial charge in [-0.15, -0.1) is 11.3 Å². The molecule has 3 rings (SSSR count). The summed E-state index contributed by atoms with van der Waals surface area (Å²) in [7, 11) is 0. The van der Waals surface area contributed by atoms with Crippen LogP contribution in [0.25, 0.3) is 0 Å². The molecule has 8 heteroatoms. The topological polar surface area (TPSA) is 81.1 Å². The Morgan fingerprint density at radius 1 is 1.52 bits per heavy atom. The first-order valence-electron chi connectivity index (χ1n) is 7.79. The quantitative estimate of drug-likeness (QED) is 0.848. The molecule has 0 radical (unpaired) electrons. The first kappa shape index (κ1) is 15.9. The number of aromatic nitrogens is 3. The van der Waals surface area contributed by atoms with Gasteiger partial charge in [0.15, 0.2) is 0 Å². The summed E-state index contributed by atoms with van der Waals surface area (Å²) in [5, 5.41) is 10.9. The maximum absolute atomic E-state index is 11.9. The Morgan fingerprint density at radius 2 is 2.43 bits per heavy atom. The summed E-state index contributed by atoms with van der Waals surface area (Å²) in [5.74, 6) is 0. The number of rotatable bonds is 6. The van der Waals surface area contributed by atoms with Crippen LogP contribution in [0.4, 0.5) is 10.5 Å². The van der Waals surface area contributed by atoms with Crippen LogP contribution in [-0.4, -0.2) is 40.1 Å². The van der Waals surface area contributed by atoms with Crippen molar-refractivity contribution in [2.45, 2.75) is 38.8 Å². The maximum Gasteiger partial charge on any atom is 0.319 e. The molecule has 7 nitrogen and oxygen atoms in total. The van der Waals surface area contributed by atoms with E-state index in [4.69, 9.17) is 4.74 Å². The van der Waals surface area contributed by atoms with Gasteiger partial charge in [0.25, 0.3) is 0 Å². The number of anilines is 1. The fraction of sp³-hybridized carbons (Fsp3) is 0.533. The summed E-state index contributed by atoms with van der Waals surface area (Å²) < 4.78 is 7.39. The van der Waals surface area contributed by atoms with Gasteiger partial charge in [0.1, 0.15) is 0 Å². The number of nitrogens with zero attached hydrogens (tertiary/aromatic N) is 3. The fourth-order valence-corrected chi connectivity index (χ4v) is 3.29. The lowest BCUT2D eigenvalue weighted by Gasteiger charge is -2.08. The minimum absolute atomic E-state index is 0.227. The monoisotopic (exact) mass is 335 g/mol. The van der Waals surface area contributed by atoms with E-state index in [1.807, 2.05) is 24.0 Å². The van der Waals surface area contributed by atoms with E-state index in [9.17, 15) is 4.79 Å². The minimum Gasteiger partial charge on any atom is -0.376 e. The van der Waals surface area contributed by atoms with Gasteiger partial charge in [-0.3, -0.25) is 4.68 Å². The van der Waals surface area contributed by atoms with Crippen LogP contribution in [0.3, 0.4) is 0 Å². The molecule has 0 saturated carbocycles. The van der Waals surface area contributed by atoms with Crippen LogP contribution in [0, 0.1) is 6.92 Å². The first-order chi connectivity index (χ1) is 11.2. The maximum atomic E-state index is 11.9. The highest BCUT2D eigenvalue weighted by Gasteiger charge is 2.16. The number of hydrogen-bond acceptors (Lipinski definition) is 5. The standard InChI is InChI=1S/C15H21N5O2S/c1-11-7-17-14(23-11)4-5-16-15(21)19-12-8-18-20(9-12)10-13-3-2-6-22-13/h7-9,13H,2-6,10H2,1H3,(H2,16,19,21). The summed E-state index contributed by atoms with van der Waals surface area (Å²) in [4.78, 5) is 17.3. The lowest BCUT2D eigenvalue weighted by atomic mass is 10.2. The molecule has 1 unspecified atom stereocenters. The Hall–Kier alpha value is -1.93. The fourth-order valence-electron chi connectivity index (χ4n) is 2.50.